The Balaban J connectivity index is 1.90. The van der Waals surface area contributed by atoms with E-state index in [1.54, 1.807) is 6.07 Å². The third kappa shape index (κ3) is 1.75. The van der Waals surface area contributed by atoms with Crippen LogP contribution in [0, 0.1) is 0 Å². The predicted octanol–water partition coefficient (Wildman–Crippen LogP) is 4.14. The number of pyridine rings is 1. The summed E-state index contributed by atoms with van der Waals surface area (Å²) in [5.74, 6) is 1.48. The van der Waals surface area contributed by atoms with Crippen LogP contribution in [-0.4, -0.2) is 11.7 Å². The molecule has 0 aliphatic carbocycles. The van der Waals surface area contributed by atoms with Gasteiger partial charge < -0.3 is 5.11 Å². The highest BCUT2D eigenvalue weighted by Crippen LogP contribution is 2.38. The van der Waals surface area contributed by atoms with Gasteiger partial charge in [-0.2, -0.15) is 0 Å². The van der Waals surface area contributed by atoms with Crippen LogP contribution in [0.5, 0.6) is 5.75 Å². The molecule has 4 aromatic rings. The molecule has 0 saturated heterocycles. The molecular weight excluding hydrogens is 296 g/mol. The van der Waals surface area contributed by atoms with Crippen molar-refractivity contribution in [2.45, 2.75) is 6.54 Å². The lowest BCUT2D eigenvalue weighted by molar-refractivity contribution is -0.643. The van der Waals surface area contributed by atoms with Crippen LogP contribution in [0.2, 0.25) is 0 Å². The van der Waals surface area contributed by atoms with Crippen LogP contribution < -0.4 is 9.47 Å². The number of hydrogen-bond donors (Lipinski definition) is 1. The van der Waals surface area contributed by atoms with Gasteiger partial charge in [-0.1, -0.05) is 48.5 Å². The van der Waals surface area contributed by atoms with Gasteiger partial charge in [-0.05, 0) is 24.3 Å². The van der Waals surface area contributed by atoms with Crippen molar-refractivity contribution in [3.05, 3.63) is 72.8 Å². The van der Waals surface area contributed by atoms with Crippen LogP contribution in [0.4, 0.5) is 11.5 Å². The van der Waals surface area contributed by atoms with Crippen molar-refractivity contribution in [2.24, 2.45) is 0 Å². The Morgan fingerprint density at radius 1 is 0.750 bits per heavy atom. The summed E-state index contributed by atoms with van der Waals surface area (Å²) in [6.07, 6.45) is 0. The van der Waals surface area contributed by atoms with Gasteiger partial charge in [0.05, 0.1) is 5.39 Å². The molecule has 1 aromatic heterocycles. The maximum atomic E-state index is 10.3. The van der Waals surface area contributed by atoms with Crippen molar-refractivity contribution in [1.82, 2.24) is 0 Å². The molecule has 0 saturated carbocycles. The van der Waals surface area contributed by atoms with E-state index in [2.05, 4.69) is 58.0 Å². The fourth-order valence-corrected chi connectivity index (χ4v) is 3.86. The molecule has 1 aliphatic rings. The van der Waals surface area contributed by atoms with E-state index < -0.39 is 0 Å². The van der Waals surface area contributed by atoms with Crippen LogP contribution in [0.15, 0.2) is 72.8 Å². The molecule has 1 aliphatic heterocycles. The Labute approximate surface area is 140 Å². The van der Waals surface area contributed by atoms with E-state index in [9.17, 15) is 5.11 Å². The Morgan fingerprint density at radius 3 is 2.25 bits per heavy atom. The number of phenolic OH excluding ortho intramolecular Hbond substituents is 1. The molecule has 0 fully saturated rings. The second-order valence-corrected chi connectivity index (χ2v) is 6.18. The summed E-state index contributed by atoms with van der Waals surface area (Å²) < 4.78 is 2.37. The lowest BCUT2D eigenvalue weighted by Crippen LogP contribution is -2.32. The van der Waals surface area contributed by atoms with Crippen molar-refractivity contribution >= 4 is 33.2 Å². The first kappa shape index (κ1) is 13.4. The Kier molecular flexibility index (Phi) is 2.77. The summed E-state index contributed by atoms with van der Waals surface area (Å²) in [7, 11) is 0. The molecule has 0 radical (unpaired) electrons. The smallest absolute Gasteiger partial charge is 0.290 e. The van der Waals surface area contributed by atoms with Gasteiger partial charge in [-0.3, -0.25) is 0 Å². The Bertz CT molecular complexity index is 1090. The molecule has 0 atom stereocenters. The summed E-state index contributed by atoms with van der Waals surface area (Å²) in [5.41, 5.74) is 2.10. The Morgan fingerprint density at radius 2 is 1.42 bits per heavy atom. The van der Waals surface area contributed by atoms with E-state index in [1.165, 1.54) is 21.7 Å². The first-order valence-electron chi connectivity index (χ1n) is 8.23. The average Bonchev–Trinajstić information content (AvgIpc) is 3.08. The Hall–Kier alpha value is -3.07. The first-order valence-corrected chi connectivity index (χ1v) is 8.23. The van der Waals surface area contributed by atoms with Crippen molar-refractivity contribution in [1.29, 1.82) is 0 Å². The summed E-state index contributed by atoms with van der Waals surface area (Å²) in [5, 5.41) is 14.1. The fraction of sp³-hybridized carbons (Fsp3) is 0.0952. The zero-order valence-corrected chi connectivity index (χ0v) is 13.2. The van der Waals surface area contributed by atoms with Crippen molar-refractivity contribution < 1.29 is 9.67 Å². The summed E-state index contributed by atoms with van der Waals surface area (Å²) in [4.78, 5) is 2.23. The number of rotatable bonds is 1. The number of anilines is 2. The molecule has 0 amide bonds. The molecule has 116 valence electrons. The van der Waals surface area contributed by atoms with Crippen LogP contribution in [-0.2, 0) is 6.54 Å². The summed E-state index contributed by atoms with van der Waals surface area (Å²) in [6.45, 7) is 1.77. The molecule has 3 nitrogen and oxygen atoms in total. The minimum atomic E-state index is 0.322. The quantitative estimate of drug-likeness (QED) is 0.422. The van der Waals surface area contributed by atoms with Crippen LogP contribution in [0.1, 0.15) is 0 Å². The number of hydrogen-bond acceptors (Lipinski definition) is 2. The normalized spacial score (nSPS) is 13.6. The molecule has 5 rings (SSSR count). The van der Waals surface area contributed by atoms with Crippen molar-refractivity contribution in [3.8, 4) is 5.75 Å². The van der Waals surface area contributed by atoms with Gasteiger partial charge in [0.1, 0.15) is 18.6 Å². The SMILES string of the molecule is Oc1ccccc1N1CC[n+]2c1c1ccccc1c1ccccc12. The van der Waals surface area contributed by atoms with Crippen molar-refractivity contribution in [2.75, 3.05) is 11.4 Å². The largest absolute Gasteiger partial charge is 0.504 e. The number of phenols is 1. The highest BCUT2D eigenvalue weighted by atomic mass is 16.3. The molecule has 24 heavy (non-hydrogen) atoms. The molecule has 0 bridgehead atoms. The van der Waals surface area contributed by atoms with Gasteiger partial charge in [0, 0.05) is 10.8 Å². The molecule has 0 unspecified atom stereocenters. The highest BCUT2D eigenvalue weighted by Gasteiger charge is 2.34. The van der Waals surface area contributed by atoms with Gasteiger partial charge >= 0.3 is 0 Å². The van der Waals surface area contributed by atoms with Gasteiger partial charge in [0.2, 0.25) is 0 Å². The highest BCUT2D eigenvalue weighted by molar-refractivity contribution is 6.08. The third-order valence-corrected chi connectivity index (χ3v) is 4.88. The minimum absolute atomic E-state index is 0.322. The van der Waals surface area contributed by atoms with Gasteiger partial charge in [0.25, 0.3) is 5.82 Å². The molecule has 1 N–H and O–H groups in total. The maximum absolute atomic E-state index is 10.3. The monoisotopic (exact) mass is 313 g/mol. The number of fused-ring (bicyclic) bond motifs is 6. The predicted molar refractivity (Wildman–Crippen MR) is 96.8 cm³/mol. The molecule has 2 heterocycles. The lowest BCUT2D eigenvalue weighted by Gasteiger charge is -2.14. The van der Waals surface area contributed by atoms with Gasteiger partial charge in [-0.25, -0.2) is 9.47 Å². The zero-order valence-electron chi connectivity index (χ0n) is 13.2. The third-order valence-electron chi connectivity index (χ3n) is 4.88. The second kappa shape index (κ2) is 4.96. The number of nitrogens with zero attached hydrogens (tertiary/aromatic N) is 2. The standard InChI is InChI=1S/C21H16N2O/c24-20-12-6-5-11-19(20)23-14-13-22-18-10-4-3-8-16(18)15-7-1-2-9-17(15)21(22)23/h1-12H,13-14H2/p+1. The van der Waals surface area contributed by atoms with E-state index in [4.69, 9.17) is 0 Å². The van der Waals surface area contributed by atoms with Crippen LogP contribution in [0.25, 0.3) is 21.7 Å². The lowest BCUT2D eigenvalue weighted by atomic mass is 10.1. The topological polar surface area (TPSA) is 27.3 Å². The first-order chi connectivity index (χ1) is 11.8. The zero-order chi connectivity index (χ0) is 16.1. The van der Waals surface area contributed by atoms with Gasteiger partial charge in [0.15, 0.2) is 11.4 Å². The second-order valence-electron chi connectivity index (χ2n) is 6.18. The molecule has 3 aromatic carbocycles. The maximum Gasteiger partial charge on any atom is 0.290 e. The van der Waals surface area contributed by atoms with Crippen molar-refractivity contribution in [3.63, 3.8) is 0 Å². The van der Waals surface area contributed by atoms with E-state index in [0.717, 1.165) is 24.6 Å². The van der Waals surface area contributed by atoms with E-state index >= 15 is 0 Å². The van der Waals surface area contributed by atoms with E-state index in [1.807, 2.05) is 18.2 Å². The molecule has 0 spiro atoms. The van der Waals surface area contributed by atoms with Gasteiger partial charge in [-0.15, -0.1) is 0 Å². The molecular formula is C21H17N2O+. The van der Waals surface area contributed by atoms with E-state index in [-0.39, 0.29) is 0 Å². The number of para-hydroxylation sites is 3. The summed E-state index contributed by atoms with van der Waals surface area (Å²) >= 11 is 0. The number of aromatic hydroxyl groups is 1. The minimum Gasteiger partial charge on any atom is -0.504 e. The van der Waals surface area contributed by atoms with Crippen LogP contribution in [0.3, 0.4) is 0 Å². The number of aromatic nitrogens is 1. The van der Waals surface area contributed by atoms with E-state index in [0.29, 0.717) is 5.75 Å². The average molecular weight is 313 g/mol. The van der Waals surface area contributed by atoms with Crippen LogP contribution >= 0.6 is 0 Å². The molecule has 3 heteroatoms. The number of benzene rings is 3. The summed E-state index contributed by atoms with van der Waals surface area (Å²) in [6, 6.07) is 24.6. The fourth-order valence-electron chi connectivity index (χ4n) is 3.86.